The Morgan fingerprint density at radius 2 is 2.31 bits per heavy atom. The van der Waals surface area contributed by atoms with Gasteiger partial charge in [-0.05, 0) is 17.7 Å². The molecule has 0 heterocycles. The first-order valence-electron chi connectivity index (χ1n) is 3.83. The number of benzene rings is 1. The van der Waals surface area contributed by atoms with Gasteiger partial charge in [0, 0.05) is 6.54 Å². The van der Waals surface area contributed by atoms with E-state index in [1.807, 2.05) is 0 Å². The van der Waals surface area contributed by atoms with Crippen molar-refractivity contribution in [1.29, 1.82) is 0 Å². The van der Waals surface area contributed by atoms with Crippen LogP contribution in [0.25, 0.3) is 0 Å². The average molecular weight is 183 g/mol. The van der Waals surface area contributed by atoms with Gasteiger partial charge in [-0.1, -0.05) is 12.1 Å². The van der Waals surface area contributed by atoms with Crippen LogP contribution >= 0.6 is 0 Å². The lowest BCUT2D eigenvalue weighted by atomic mass is 10.00. The Balaban J connectivity index is 2.98. The molecule has 1 atom stereocenters. The van der Waals surface area contributed by atoms with Crippen molar-refractivity contribution >= 4 is 5.97 Å². The molecule has 1 aromatic rings. The number of carboxylic acid groups (broad SMARTS) is 1. The van der Waals surface area contributed by atoms with Crippen molar-refractivity contribution < 1.29 is 14.3 Å². The molecule has 0 amide bonds. The Morgan fingerprint density at radius 1 is 1.62 bits per heavy atom. The van der Waals surface area contributed by atoms with E-state index in [0.29, 0.717) is 5.56 Å². The molecular formula is C9H10FNO2. The SMILES string of the molecule is NC[C@@H](C(=O)O)c1cccc(F)c1. The minimum absolute atomic E-state index is 0.0290. The molecule has 0 fully saturated rings. The maximum absolute atomic E-state index is 12.7. The third kappa shape index (κ3) is 2.26. The molecule has 0 aromatic heterocycles. The van der Waals surface area contributed by atoms with Gasteiger partial charge in [-0.25, -0.2) is 4.39 Å². The fourth-order valence-electron chi connectivity index (χ4n) is 1.10. The number of nitrogens with two attached hydrogens (primary N) is 1. The van der Waals surface area contributed by atoms with Gasteiger partial charge in [0.15, 0.2) is 0 Å². The van der Waals surface area contributed by atoms with Crippen molar-refractivity contribution in [2.45, 2.75) is 5.92 Å². The normalized spacial score (nSPS) is 12.5. The molecule has 0 radical (unpaired) electrons. The van der Waals surface area contributed by atoms with Gasteiger partial charge in [-0.2, -0.15) is 0 Å². The minimum atomic E-state index is -1.03. The Kier molecular flexibility index (Phi) is 2.97. The number of hydrogen-bond donors (Lipinski definition) is 2. The minimum Gasteiger partial charge on any atom is -0.481 e. The molecule has 3 N–H and O–H groups in total. The molecule has 0 bridgehead atoms. The number of carbonyl (C=O) groups is 1. The summed E-state index contributed by atoms with van der Waals surface area (Å²) in [6, 6.07) is 5.47. The van der Waals surface area contributed by atoms with Crippen molar-refractivity contribution in [1.82, 2.24) is 0 Å². The lowest BCUT2D eigenvalue weighted by Gasteiger charge is -2.09. The van der Waals surface area contributed by atoms with E-state index in [2.05, 4.69) is 0 Å². The zero-order valence-corrected chi connectivity index (χ0v) is 6.90. The second-order valence-corrected chi connectivity index (χ2v) is 2.68. The fraction of sp³-hybridized carbons (Fsp3) is 0.222. The van der Waals surface area contributed by atoms with Crippen molar-refractivity contribution in [2.75, 3.05) is 6.54 Å². The van der Waals surface area contributed by atoms with Crippen LogP contribution in [-0.4, -0.2) is 17.6 Å². The first kappa shape index (κ1) is 9.67. The molecule has 70 valence electrons. The van der Waals surface area contributed by atoms with Gasteiger partial charge in [0.1, 0.15) is 5.82 Å². The average Bonchev–Trinajstić information content (AvgIpc) is 2.04. The quantitative estimate of drug-likeness (QED) is 0.733. The van der Waals surface area contributed by atoms with Crippen LogP contribution in [0.2, 0.25) is 0 Å². The predicted octanol–water partition coefficient (Wildman–Crippen LogP) is 0.953. The van der Waals surface area contributed by atoms with Gasteiger partial charge in [0.05, 0.1) is 5.92 Å². The van der Waals surface area contributed by atoms with Gasteiger partial charge < -0.3 is 10.8 Å². The molecule has 0 spiro atoms. The van der Waals surface area contributed by atoms with E-state index in [1.54, 1.807) is 6.07 Å². The number of hydrogen-bond acceptors (Lipinski definition) is 2. The Hall–Kier alpha value is -1.42. The highest BCUT2D eigenvalue weighted by atomic mass is 19.1. The van der Waals surface area contributed by atoms with Crippen molar-refractivity contribution in [3.63, 3.8) is 0 Å². The Labute approximate surface area is 75.0 Å². The van der Waals surface area contributed by atoms with Crippen LogP contribution in [0.4, 0.5) is 4.39 Å². The Bertz CT molecular complexity index is 314. The van der Waals surface area contributed by atoms with Gasteiger partial charge in [0.2, 0.25) is 0 Å². The van der Waals surface area contributed by atoms with Crippen molar-refractivity contribution in [3.8, 4) is 0 Å². The molecule has 0 saturated carbocycles. The molecule has 0 aliphatic rings. The van der Waals surface area contributed by atoms with Crippen molar-refractivity contribution in [3.05, 3.63) is 35.6 Å². The van der Waals surface area contributed by atoms with Gasteiger partial charge in [0.25, 0.3) is 0 Å². The standard InChI is InChI=1S/C9H10FNO2/c10-7-3-1-2-6(4-7)8(5-11)9(12)13/h1-4,8H,5,11H2,(H,12,13)/t8-/m1/s1. The molecule has 1 aromatic carbocycles. The van der Waals surface area contributed by atoms with Crippen LogP contribution in [0.3, 0.4) is 0 Å². The molecule has 0 aliphatic carbocycles. The summed E-state index contributed by atoms with van der Waals surface area (Å²) in [5.74, 6) is -2.30. The second-order valence-electron chi connectivity index (χ2n) is 2.68. The largest absolute Gasteiger partial charge is 0.481 e. The van der Waals surface area contributed by atoms with Gasteiger partial charge in [-0.15, -0.1) is 0 Å². The van der Waals surface area contributed by atoms with Crippen molar-refractivity contribution in [2.24, 2.45) is 5.73 Å². The molecule has 0 unspecified atom stereocenters. The van der Waals surface area contributed by atoms with E-state index in [4.69, 9.17) is 10.8 Å². The van der Waals surface area contributed by atoms with Gasteiger partial charge >= 0.3 is 5.97 Å². The summed E-state index contributed by atoms with van der Waals surface area (Å²) in [6.07, 6.45) is 0. The lowest BCUT2D eigenvalue weighted by Crippen LogP contribution is -2.21. The third-order valence-corrected chi connectivity index (χ3v) is 1.78. The highest BCUT2D eigenvalue weighted by molar-refractivity contribution is 5.76. The molecule has 1 rings (SSSR count). The first-order chi connectivity index (χ1) is 6.15. The summed E-state index contributed by atoms with van der Waals surface area (Å²) in [4.78, 5) is 10.6. The van der Waals surface area contributed by atoms with Crippen LogP contribution in [0.5, 0.6) is 0 Å². The number of aliphatic carboxylic acids is 1. The van der Waals surface area contributed by atoms with Gasteiger partial charge in [-0.3, -0.25) is 4.79 Å². The number of carboxylic acids is 1. The summed E-state index contributed by atoms with van der Waals surface area (Å²) in [7, 11) is 0. The number of halogens is 1. The Morgan fingerprint density at radius 3 is 2.77 bits per heavy atom. The van der Waals surface area contributed by atoms with E-state index in [0.717, 1.165) is 0 Å². The number of rotatable bonds is 3. The zero-order chi connectivity index (χ0) is 9.84. The van der Waals surface area contributed by atoms with E-state index in [-0.39, 0.29) is 6.54 Å². The molecular weight excluding hydrogens is 173 g/mol. The third-order valence-electron chi connectivity index (χ3n) is 1.78. The summed E-state index contributed by atoms with van der Waals surface area (Å²) >= 11 is 0. The maximum atomic E-state index is 12.7. The summed E-state index contributed by atoms with van der Waals surface area (Å²) in [5, 5.41) is 8.72. The van der Waals surface area contributed by atoms with Crippen LogP contribution in [0.1, 0.15) is 11.5 Å². The smallest absolute Gasteiger partial charge is 0.312 e. The topological polar surface area (TPSA) is 63.3 Å². The first-order valence-corrected chi connectivity index (χ1v) is 3.83. The van der Waals surface area contributed by atoms with E-state index < -0.39 is 17.7 Å². The van der Waals surface area contributed by atoms with E-state index in [9.17, 15) is 9.18 Å². The van der Waals surface area contributed by atoms with E-state index >= 15 is 0 Å². The summed E-state index contributed by atoms with van der Waals surface area (Å²) in [5.41, 5.74) is 5.65. The van der Waals surface area contributed by atoms with Crippen LogP contribution < -0.4 is 5.73 Å². The highest BCUT2D eigenvalue weighted by Gasteiger charge is 2.17. The molecule has 13 heavy (non-hydrogen) atoms. The highest BCUT2D eigenvalue weighted by Crippen LogP contribution is 2.15. The molecule has 0 aliphatic heterocycles. The summed E-state index contributed by atoms with van der Waals surface area (Å²) < 4.78 is 12.7. The molecule has 0 saturated heterocycles. The summed E-state index contributed by atoms with van der Waals surface area (Å²) in [6.45, 7) is -0.0290. The van der Waals surface area contributed by atoms with Crippen LogP contribution in [0, 0.1) is 5.82 Å². The van der Waals surface area contributed by atoms with E-state index in [1.165, 1.54) is 18.2 Å². The predicted molar refractivity (Wildman–Crippen MR) is 45.8 cm³/mol. The molecule has 3 nitrogen and oxygen atoms in total. The fourth-order valence-corrected chi connectivity index (χ4v) is 1.10. The van der Waals surface area contributed by atoms with Crippen LogP contribution in [0.15, 0.2) is 24.3 Å². The lowest BCUT2D eigenvalue weighted by molar-refractivity contribution is -0.138. The second kappa shape index (κ2) is 4.00. The monoisotopic (exact) mass is 183 g/mol. The maximum Gasteiger partial charge on any atom is 0.312 e. The van der Waals surface area contributed by atoms with Crippen LogP contribution in [-0.2, 0) is 4.79 Å². The molecule has 4 heteroatoms. The zero-order valence-electron chi connectivity index (χ0n) is 6.90.